The second-order valence-corrected chi connectivity index (χ2v) is 4.59. The van der Waals surface area contributed by atoms with Gasteiger partial charge >= 0.3 is 0 Å². The molecule has 0 atom stereocenters. The monoisotopic (exact) mass is 197 g/mol. The van der Waals surface area contributed by atoms with Gasteiger partial charge in [0.05, 0.1) is 13.2 Å². The second kappa shape index (κ2) is 3.81. The predicted octanol–water partition coefficient (Wildman–Crippen LogP) is 1.75. The van der Waals surface area contributed by atoms with Crippen molar-refractivity contribution in [2.45, 2.75) is 32.3 Å². The first-order valence-electron chi connectivity index (χ1n) is 5.37. The molecule has 80 valence electrons. The Morgan fingerprint density at radius 1 is 1.29 bits per heavy atom. The average Bonchev–Trinajstić information content (AvgIpc) is 2.19. The van der Waals surface area contributed by atoms with Crippen molar-refractivity contribution in [3.8, 4) is 0 Å². The molecule has 0 aliphatic carbocycles. The van der Waals surface area contributed by atoms with Gasteiger partial charge in [0.25, 0.3) is 0 Å². The Morgan fingerprint density at radius 2 is 2.00 bits per heavy atom. The first kappa shape index (κ1) is 9.84. The molecule has 0 spiro atoms. The fourth-order valence-corrected chi connectivity index (χ4v) is 1.86. The van der Waals surface area contributed by atoms with Gasteiger partial charge in [-0.1, -0.05) is 0 Å². The van der Waals surface area contributed by atoms with Crippen LogP contribution in [0.5, 0.6) is 0 Å². The van der Waals surface area contributed by atoms with Gasteiger partial charge in [0.15, 0.2) is 0 Å². The van der Waals surface area contributed by atoms with E-state index >= 15 is 0 Å². The van der Waals surface area contributed by atoms with Crippen molar-refractivity contribution in [2.75, 3.05) is 26.3 Å². The molecule has 3 heteroatoms. The molecule has 2 heterocycles. The molecular formula is C11H19NO2. The maximum Gasteiger partial charge on any atom is 0.103 e. The van der Waals surface area contributed by atoms with Gasteiger partial charge in [0, 0.05) is 18.8 Å². The lowest BCUT2D eigenvalue weighted by molar-refractivity contribution is 0.0107. The summed E-state index contributed by atoms with van der Waals surface area (Å²) in [5, 5.41) is 0. The number of nitrogens with zero attached hydrogens (tertiary/aromatic N) is 1. The molecule has 2 aliphatic rings. The van der Waals surface area contributed by atoms with Crippen LogP contribution >= 0.6 is 0 Å². The van der Waals surface area contributed by atoms with Crippen LogP contribution in [0.2, 0.25) is 0 Å². The minimum absolute atomic E-state index is 0.0236. The van der Waals surface area contributed by atoms with Crippen molar-refractivity contribution >= 4 is 0 Å². The van der Waals surface area contributed by atoms with Crippen LogP contribution in [-0.2, 0) is 9.47 Å². The Balaban J connectivity index is 1.95. The third kappa shape index (κ3) is 2.21. The van der Waals surface area contributed by atoms with Gasteiger partial charge in [0.1, 0.15) is 11.9 Å². The molecule has 3 nitrogen and oxygen atoms in total. The highest BCUT2D eigenvalue weighted by Crippen LogP contribution is 2.28. The summed E-state index contributed by atoms with van der Waals surface area (Å²) in [5.41, 5.74) is 1.36. The molecule has 2 rings (SSSR count). The Hall–Kier alpha value is -0.700. The SMILES string of the molecule is CC1(C)CCC(N2CCOCC2)=CO1. The van der Waals surface area contributed by atoms with Gasteiger partial charge in [-0.2, -0.15) is 0 Å². The minimum atomic E-state index is 0.0236. The van der Waals surface area contributed by atoms with Crippen LogP contribution in [0.1, 0.15) is 26.7 Å². The number of morpholine rings is 1. The molecular weight excluding hydrogens is 178 g/mol. The van der Waals surface area contributed by atoms with Crippen molar-refractivity contribution in [1.82, 2.24) is 4.90 Å². The lowest BCUT2D eigenvalue weighted by Gasteiger charge is -2.36. The highest BCUT2D eigenvalue weighted by molar-refractivity contribution is 5.03. The van der Waals surface area contributed by atoms with Crippen LogP contribution in [0.3, 0.4) is 0 Å². The molecule has 1 fully saturated rings. The van der Waals surface area contributed by atoms with Crippen molar-refractivity contribution in [2.24, 2.45) is 0 Å². The molecule has 0 bridgehead atoms. The summed E-state index contributed by atoms with van der Waals surface area (Å²) < 4.78 is 11.0. The third-order valence-electron chi connectivity index (χ3n) is 2.91. The van der Waals surface area contributed by atoms with E-state index in [0.717, 1.165) is 39.1 Å². The highest BCUT2D eigenvalue weighted by Gasteiger charge is 2.25. The Labute approximate surface area is 85.7 Å². The van der Waals surface area contributed by atoms with E-state index in [-0.39, 0.29) is 5.60 Å². The fourth-order valence-electron chi connectivity index (χ4n) is 1.86. The fraction of sp³-hybridized carbons (Fsp3) is 0.818. The van der Waals surface area contributed by atoms with E-state index in [0.29, 0.717) is 0 Å². The lowest BCUT2D eigenvalue weighted by atomic mass is 9.99. The molecule has 2 aliphatic heterocycles. The first-order chi connectivity index (χ1) is 6.67. The van der Waals surface area contributed by atoms with Crippen molar-refractivity contribution in [3.63, 3.8) is 0 Å². The molecule has 0 aromatic rings. The number of allylic oxidation sites excluding steroid dienone is 1. The lowest BCUT2D eigenvalue weighted by Crippen LogP contribution is -2.38. The van der Waals surface area contributed by atoms with Crippen LogP contribution in [0, 0.1) is 0 Å². The van der Waals surface area contributed by atoms with Gasteiger partial charge in [-0.05, 0) is 26.7 Å². The van der Waals surface area contributed by atoms with E-state index in [9.17, 15) is 0 Å². The van der Waals surface area contributed by atoms with Gasteiger partial charge in [-0.25, -0.2) is 0 Å². The van der Waals surface area contributed by atoms with Gasteiger partial charge in [-0.15, -0.1) is 0 Å². The van der Waals surface area contributed by atoms with E-state index < -0.39 is 0 Å². The maximum atomic E-state index is 5.69. The number of hydrogen-bond donors (Lipinski definition) is 0. The van der Waals surface area contributed by atoms with Crippen LogP contribution in [0.25, 0.3) is 0 Å². The average molecular weight is 197 g/mol. The molecule has 0 saturated carbocycles. The summed E-state index contributed by atoms with van der Waals surface area (Å²) >= 11 is 0. The second-order valence-electron chi connectivity index (χ2n) is 4.59. The maximum absolute atomic E-state index is 5.69. The standard InChI is InChI=1S/C11H19NO2/c1-11(2)4-3-10(9-14-11)12-5-7-13-8-6-12/h9H,3-8H2,1-2H3. The van der Waals surface area contributed by atoms with Crippen molar-refractivity contribution < 1.29 is 9.47 Å². The van der Waals surface area contributed by atoms with Gasteiger partial charge < -0.3 is 14.4 Å². The number of rotatable bonds is 1. The molecule has 0 aromatic heterocycles. The van der Waals surface area contributed by atoms with E-state index in [1.807, 2.05) is 6.26 Å². The Bertz CT molecular complexity index is 229. The van der Waals surface area contributed by atoms with Crippen LogP contribution in [0.15, 0.2) is 12.0 Å². The summed E-state index contributed by atoms with van der Waals surface area (Å²) in [6.07, 6.45) is 4.18. The van der Waals surface area contributed by atoms with Crippen LogP contribution in [0.4, 0.5) is 0 Å². The molecule has 0 radical (unpaired) electrons. The van der Waals surface area contributed by atoms with E-state index in [1.165, 1.54) is 5.70 Å². The van der Waals surface area contributed by atoms with E-state index in [4.69, 9.17) is 9.47 Å². The normalized spacial score (nSPS) is 26.7. The van der Waals surface area contributed by atoms with Crippen LogP contribution < -0.4 is 0 Å². The van der Waals surface area contributed by atoms with E-state index in [1.54, 1.807) is 0 Å². The zero-order valence-electron chi connectivity index (χ0n) is 9.08. The molecule has 0 aromatic carbocycles. The zero-order chi connectivity index (χ0) is 10.0. The van der Waals surface area contributed by atoms with Gasteiger partial charge in [-0.3, -0.25) is 0 Å². The van der Waals surface area contributed by atoms with E-state index in [2.05, 4.69) is 18.7 Å². The summed E-state index contributed by atoms with van der Waals surface area (Å²) in [4.78, 5) is 2.37. The third-order valence-corrected chi connectivity index (χ3v) is 2.91. The zero-order valence-corrected chi connectivity index (χ0v) is 9.08. The number of ether oxygens (including phenoxy) is 2. The van der Waals surface area contributed by atoms with Gasteiger partial charge in [0.2, 0.25) is 0 Å². The molecule has 14 heavy (non-hydrogen) atoms. The highest BCUT2D eigenvalue weighted by atomic mass is 16.5. The molecule has 0 unspecified atom stereocenters. The summed E-state index contributed by atoms with van der Waals surface area (Å²) in [6.45, 7) is 7.99. The van der Waals surface area contributed by atoms with Crippen LogP contribution in [-0.4, -0.2) is 36.8 Å². The summed E-state index contributed by atoms with van der Waals surface area (Å²) in [5.74, 6) is 0. The van der Waals surface area contributed by atoms with Crippen molar-refractivity contribution in [1.29, 1.82) is 0 Å². The Kier molecular flexibility index (Phi) is 2.68. The molecule has 0 N–H and O–H groups in total. The topological polar surface area (TPSA) is 21.7 Å². The molecule has 0 amide bonds. The summed E-state index contributed by atoms with van der Waals surface area (Å²) in [6, 6.07) is 0. The predicted molar refractivity (Wildman–Crippen MR) is 54.9 cm³/mol. The first-order valence-corrected chi connectivity index (χ1v) is 5.37. The minimum Gasteiger partial charge on any atom is -0.494 e. The smallest absolute Gasteiger partial charge is 0.103 e. The number of hydrogen-bond acceptors (Lipinski definition) is 3. The quantitative estimate of drug-likeness (QED) is 0.639. The van der Waals surface area contributed by atoms with Crippen molar-refractivity contribution in [3.05, 3.63) is 12.0 Å². The Morgan fingerprint density at radius 3 is 2.57 bits per heavy atom. The summed E-state index contributed by atoms with van der Waals surface area (Å²) in [7, 11) is 0. The molecule has 1 saturated heterocycles. The largest absolute Gasteiger partial charge is 0.494 e.